The van der Waals surface area contributed by atoms with Crippen LogP contribution in [-0.2, 0) is 11.3 Å². The molecule has 15 heavy (non-hydrogen) atoms. The van der Waals surface area contributed by atoms with Gasteiger partial charge in [-0.2, -0.15) is 0 Å². The number of hydrogen-bond donors (Lipinski definition) is 1. The number of nitrogens with zero attached hydrogens (tertiary/aromatic N) is 1. The molecular formula is C11H16N2OS. The highest BCUT2D eigenvalue weighted by Gasteiger charge is 2.15. The van der Waals surface area contributed by atoms with Crippen LogP contribution in [-0.4, -0.2) is 23.4 Å². The summed E-state index contributed by atoms with van der Waals surface area (Å²) in [5.41, 5.74) is 6.49. The highest BCUT2D eigenvalue weighted by molar-refractivity contribution is 7.99. The van der Waals surface area contributed by atoms with Crippen molar-refractivity contribution in [2.24, 2.45) is 5.73 Å². The summed E-state index contributed by atoms with van der Waals surface area (Å²) in [6.45, 7) is 1.43. The van der Waals surface area contributed by atoms with E-state index in [4.69, 9.17) is 10.5 Å². The van der Waals surface area contributed by atoms with Gasteiger partial charge in [0.05, 0.1) is 11.8 Å². The van der Waals surface area contributed by atoms with E-state index in [-0.39, 0.29) is 0 Å². The molecule has 1 aliphatic heterocycles. The Hall–Kier alpha value is -0.580. The second-order valence-corrected chi connectivity index (χ2v) is 4.73. The van der Waals surface area contributed by atoms with Crippen molar-refractivity contribution >= 4 is 11.8 Å². The molecule has 1 fully saturated rings. The fourth-order valence-corrected chi connectivity index (χ4v) is 2.64. The molecule has 0 radical (unpaired) electrons. The number of rotatable bonds is 4. The lowest BCUT2D eigenvalue weighted by atomic mass is 10.3. The Labute approximate surface area is 94.4 Å². The number of ether oxygens (including phenoxy) is 1. The zero-order valence-corrected chi connectivity index (χ0v) is 9.50. The van der Waals surface area contributed by atoms with E-state index in [1.54, 1.807) is 0 Å². The molecule has 2 N–H and O–H groups in total. The van der Waals surface area contributed by atoms with Gasteiger partial charge in [0, 0.05) is 30.0 Å². The first-order valence-corrected chi connectivity index (χ1v) is 6.26. The summed E-state index contributed by atoms with van der Waals surface area (Å²) >= 11 is 1.83. The third-order valence-electron chi connectivity index (χ3n) is 2.46. The molecule has 4 heteroatoms. The maximum absolute atomic E-state index is 5.57. The van der Waals surface area contributed by atoms with Gasteiger partial charge in [-0.15, -0.1) is 11.8 Å². The zero-order valence-electron chi connectivity index (χ0n) is 8.69. The van der Waals surface area contributed by atoms with E-state index in [2.05, 4.69) is 11.1 Å². The minimum Gasteiger partial charge on any atom is -0.377 e. The molecule has 82 valence electrons. The SMILES string of the molecule is NCc1cc(SCC2CCCO2)ccn1. The number of thioether (sulfide) groups is 1. The van der Waals surface area contributed by atoms with E-state index in [0.717, 1.165) is 18.1 Å². The predicted octanol–water partition coefficient (Wildman–Crippen LogP) is 1.81. The second kappa shape index (κ2) is 5.49. The summed E-state index contributed by atoms with van der Waals surface area (Å²) in [4.78, 5) is 5.41. The van der Waals surface area contributed by atoms with Crippen LogP contribution in [0.25, 0.3) is 0 Å². The molecule has 1 aliphatic rings. The number of pyridine rings is 1. The molecular weight excluding hydrogens is 208 g/mol. The summed E-state index contributed by atoms with van der Waals surface area (Å²) in [5.74, 6) is 1.04. The summed E-state index contributed by atoms with van der Waals surface area (Å²) < 4.78 is 5.57. The van der Waals surface area contributed by atoms with Gasteiger partial charge in [-0.25, -0.2) is 0 Å². The first-order valence-electron chi connectivity index (χ1n) is 5.28. The van der Waals surface area contributed by atoms with E-state index in [1.807, 2.05) is 24.0 Å². The van der Waals surface area contributed by atoms with Crippen molar-refractivity contribution in [1.29, 1.82) is 0 Å². The third kappa shape index (κ3) is 3.19. The largest absolute Gasteiger partial charge is 0.377 e. The third-order valence-corrected chi connectivity index (χ3v) is 3.58. The Bertz CT molecular complexity index is 313. The summed E-state index contributed by atoms with van der Waals surface area (Å²) in [6.07, 6.45) is 4.65. The van der Waals surface area contributed by atoms with Crippen LogP contribution >= 0.6 is 11.8 Å². The van der Waals surface area contributed by atoms with Gasteiger partial charge in [-0.1, -0.05) is 0 Å². The second-order valence-electron chi connectivity index (χ2n) is 3.63. The molecule has 0 aromatic carbocycles. The van der Waals surface area contributed by atoms with E-state index in [9.17, 15) is 0 Å². The minimum absolute atomic E-state index is 0.435. The van der Waals surface area contributed by atoms with Crippen LogP contribution in [0.2, 0.25) is 0 Å². The molecule has 0 spiro atoms. The average molecular weight is 224 g/mol. The van der Waals surface area contributed by atoms with Crippen LogP contribution in [0.15, 0.2) is 23.2 Å². The Morgan fingerprint density at radius 3 is 3.27 bits per heavy atom. The standard InChI is InChI=1S/C11H16N2OS/c12-7-9-6-11(3-4-13-9)15-8-10-2-1-5-14-10/h3-4,6,10H,1-2,5,7-8,12H2. The van der Waals surface area contributed by atoms with Crippen molar-refractivity contribution in [3.05, 3.63) is 24.0 Å². The van der Waals surface area contributed by atoms with Crippen molar-refractivity contribution < 1.29 is 4.74 Å². The van der Waals surface area contributed by atoms with Gasteiger partial charge in [0.15, 0.2) is 0 Å². The number of hydrogen-bond acceptors (Lipinski definition) is 4. The maximum atomic E-state index is 5.57. The molecule has 1 atom stereocenters. The fourth-order valence-electron chi connectivity index (χ4n) is 1.62. The number of nitrogens with two attached hydrogens (primary N) is 1. The topological polar surface area (TPSA) is 48.1 Å². The monoisotopic (exact) mass is 224 g/mol. The van der Waals surface area contributed by atoms with Gasteiger partial charge >= 0.3 is 0 Å². The minimum atomic E-state index is 0.435. The van der Waals surface area contributed by atoms with Gasteiger partial charge in [-0.3, -0.25) is 4.98 Å². The molecule has 1 aromatic rings. The van der Waals surface area contributed by atoms with Crippen molar-refractivity contribution in [2.45, 2.75) is 30.4 Å². The highest BCUT2D eigenvalue weighted by atomic mass is 32.2. The normalized spacial score (nSPS) is 20.7. The number of aromatic nitrogens is 1. The molecule has 1 aromatic heterocycles. The fraction of sp³-hybridized carbons (Fsp3) is 0.545. The van der Waals surface area contributed by atoms with Crippen LogP contribution in [0.4, 0.5) is 0 Å². The molecule has 1 saturated heterocycles. The average Bonchev–Trinajstić information content (AvgIpc) is 2.79. The van der Waals surface area contributed by atoms with Gasteiger partial charge in [0.2, 0.25) is 0 Å². The van der Waals surface area contributed by atoms with Crippen molar-refractivity contribution in [3.8, 4) is 0 Å². The van der Waals surface area contributed by atoms with E-state index in [1.165, 1.54) is 17.7 Å². The van der Waals surface area contributed by atoms with Crippen LogP contribution in [0.1, 0.15) is 18.5 Å². The van der Waals surface area contributed by atoms with E-state index >= 15 is 0 Å². The predicted molar refractivity (Wildman–Crippen MR) is 61.8 cm³/mol. The van der Waals surface area contributed by atoms with Crippen molar-refractivity contribution in [2.75, 3.05) is 12.4 Å². The first kappa shape index (κ1) is 10.9. The molecule has 0 saturated carbocycles. The molecule has 0 amide bonds. The Kier molecular flexibility index (Phi) is 4.00. The zero-order chi connectivity index (χ0) is 10.5. The molecule has 0 bridgehead atoms. The lowest BCUT2D eigenvalue weighted by molar-refractivity contribution is 0.129. The molecule has 1 unspecified atom stereocenters. The van der Waals surface area contributed by atoms with E-state index in [0.29, 0.717) is 12.6 Å². The first-order chi connectivity index (χ1) is 7.38. The van der Waals surface area contributed by atoms with Crippen molar-refractivity contribution in [1.82, 2.24) is 4.98 Å². The van der Waals surface area contributed by atoms with Gasteiger partial charge in [-0.05, 0) is 25.0 Å². The summed E-state index contributed by atoms with van der Waals surface area (Å²) in [6, 6.07) is 4.08. The Morgan fingerprint density at radius 1 is 1.60 bits per heavy atom. The van der Waals surface area contributed by atoms with Gasteiger partial charge in [0.25, 0.3) is 0 Å². The van der Waals surface area contributed by atoms with Crippen LogP contribution in [0.5, 0.6) is 0 Å². The smallest absolute Gasteiger partial charge is 0.0669 e. The van der Waals surface area contributed by atoms with Crippen LogP contribution < -0.4 is 5.73 Å². The van der Waals surface area contributed by atoms with E-state index < -0.39 is 0 Å². The Balaban J connectivity index is 1.86. The lowest BCUT2D eigenvalue weighted by Gasteiger charge is -2.08. The summed E-state index contributed by atoms with van der Waals surface area (Å²) in [5, 5.41) is 0. The quantitative estimate of drug-likeness (QED) is 0.792. The molecule has 3 nitrogen and oxygen atoms in total. The maximum Gasteiger partial charge on any atom is 0.0669 e. The van der Waals surface area contributed by atoms with Gasteiger partial charge in [0.1, 0.15) is 0 Å². The molecule has 2 heterocycles. The molecule has 0 aliphatic carbocycles. The lowest BCUT2D eigenvalue weighted by Crippen LogP contribution is -2.07. The Morgan fingerprint density at radius 2 is 2.53 bits per heavy atom. The summed E-state index contributed by atoms with van der Waals surface area (Å²) in [7, 11) is 0. The molecule has 2 rings (SSSR count). The highest BCUT2D eigenvalue weighted by Crippen LogP contribution is 2.23. The van der Waals surface area contributed by atoms with Crippen LogP contribution in [0, 0.1) is 0 Å². The van der Waals surface area contributed by atoms with Crippen molar-refractivity contribution in [3.63, 3.8) is 0 Å². The van der Waals surface area contributed by atoms with Crippen LogP contribution in [0.3, 0.4) is 0 Å². The van der Waals surface area contributed by atoms with Gasteiger partial charge < -0.3 is 10.5 Å².